The minimum atomic E-state index is 0.410. The van der Waals surface area contributed by atoms with E-state index in [0.717, 1.165) is 44.7 Å². The third-order valence-corrected chi connectivity index (χ3v) is 3.69. The van der Waals surface area contributed by atoms with Crippen LogP contribution in [0.1, 0.15) is 18.7 Å². The SMILES string of the molecule is Cn1ccnc1CCN1CCC(OCCCl)CC1. The highest BCUT2D eigenvalue weighted by atomic mass is 35.5. The van der Waals surface area contributed by atoms with Crippen LogP contribution in [0.15, 0.2) is 12.4 Å². The average molecular weight is 272 g/mol. The van der Waals surface area contributed by atoms with Gasteiger partial charge in [-0.05, 0) is 12.8 Å². The van der Waals surface area contributed by atoms with E-state index in [9.17, 15) is 0 Å². The van der Waals surface area contributed by atoms with Crippen LogP contribution in [0.25, 0.3) is 0 Å². The monoisotopic (exact) mass is 271 g/mol. The van der Waals surface area contributed by atoms with E-state index in [1.54, 1.807) is 0 Å². The van der Waals surface area contributed by atoms with Crippen LogP contribution in [0.3, 0.4) is 0 Å². The van der Waals surface area contributed by atoms with Gasteiger partial charge in [0.05, 0.1) is 12.7 Å². The first-order chi connectivity index (χ1) is 8.79. The first kappa shape index (κ1) is 13.8. The summed E-state index contributed by atoms with van der Waals surface area (Å²) in [6.07, 6.45) is 7.54. The van der Waals surface area contributed by atoms with Gasteiger partial charge in [-0.1, -0.05) is 0 Å². The van der Waals surface area contributed by atoms with E-state index in [4.69, 9.17) is 16.3 Å². The zero-order valence-corrected chi connectivity index (χ0v) is 11.8. The highest BCUT2D eigenvalue weighted by Gasteiger charge is 2.19. The van der Waals surface area contributed by atoms with Gasteiger partial charge in [-0.15, -0.1) is 11.6 Å². The van der Waals surface area contributed by atoms with Gasteiger partial charge in [0.25, 0.3) is 0 Å². The maximum atomic E-state index is 5.67. The fourth-order valence-electron chi connectivity index (χ4n) is 2.41. The van der Waals surface area contributed by atoms with Crippen molar-refractivity contribution < 1.29 is 4.74 Å². The second-order valence-corrected chi connectivity index (χ2v) is 5.18. The summed E-state index contributed by atoms with van der Waals surface area (Å²) in [5, 5.41) is 0. The predicted molar refractivity (Wildman–Crippen MR) is 73.0 cm³/mol. The van der Waals surface area contributed by atoms with Crippen LogP contribution in [0.4, 0.5) is 0 Å². The van der Waals surface area contributed by atoms with Crippen LogP contribution in [0.2, 0.25) is 0 Å². The smallest absolute Gasteiger partial charge is 0.109 e. The second kappa shape index (κ2) is 7.12. The Bertz CT molecular complexity index is 348. The molecule has 2 rings (SSSR count). The molecule has 1 aromatic rings. The maximum absolute atomic E-state index is 5.67. The molecule has 1 aliphatic heterocycles. The van der Waals surface area contributed by atoms with E-state index < -0.39 is 0 Å². The molecule has 1 fully saturated rings. The summed E-state index contributed by atoms with van der Waals surface area (Å²) >= 11 is 5.63. The topological polar surface area (TPSA) is 30.3 Å². The number of nitrogens with zero attached hydrogens (tertiary/aromatic N) is 3. The zero-order chi connectivity index (χ0) is 12.8. The predicted octanol–water partition coefficient (Wildman–Crippen LogP) is 1.68. The molecular formula is C13H22ClN3O. The largest absolute Gasteiger partial charge is 0.377 e. The molecule has 18 heavy (non-hydrogen) atoms. The minimum Gasteiger partial charge on any atom is -0.377 e. The van der Waals surface area contributed by atoms with E-state index in [1.165, 1.54) is 0 Å². The van der Waals surface area contributed by atoms with Crippen molar-refractivity contribution in [2.75, 3.05) is 32.1 Å². The van der Waals surface area contributed by atoms with Crippen LogP contribution in [0, 0.1) is 0 Å². The summed E-state index contributed by atoms with van der Waals surface area (Å²) in [7, 11) is 2.05. The van der Waals surface area contributed by atoms with Crippen molar-refractivity contribution in [3.8, 4) is 0 Å². The Morgan fingerprint density at radius 1 is 1.44 bits per heavy atom. The van der Waals surface area contributed by atoms with Gasteiger partial charge in [0.1, 0.15) is 5.82 Å². The lowest BCUT2D eigenvalue weighted by Gasteiger charge is -2.31. The summed E-state index contributed by atoms with van der Waals surface area (Å²) < 4.78 is 7.77. The first-order valence-corrected chi connectivity index (χ1v) is 7.19. The molecule has 0 bridgehead atoms. The summed E-state index contributed by atoms with van der Waals surface area (Å²) in [6.45, 7) is 4.02. The number of piperidine rings is 1. The quantitative estimate of drug-likeness (QED) is 0.738. The maximum Gasteiger partial charge on any atom is 0.109 e. The molecule has 1 aliphatic rings. The molecule has 1 aromatic heterocycles. The molecule has 0 saturated carbocycles. The Balaban J connectivity index is 1.66. The fourth-order valence-corrected chi connectivity index (χ4v) is 2.50. The molecule has 2 heterocycles. The van der Waals surface area contributed by atoms with E-state index in [1.807, 2.05) is 12.4 Å². The van der Waals surface area contributed by atoms with Gasteiger partial charge >= 0.3 is 0 Å². The van der Waals surface area contributed by atoms with Crippen molar-refractivity contribution in [3.63, 3.8) is 0 Å². The Kier molecular flexibility index (Phi) is 5.47. The molecule has 0 N–H and O–H groups in total. The molecule has 0 aliphatic carbocycles. The number of aryl methyl sites for hydroxylation is 1. The Labute approximate surface area is 114 Å². The van der Waals surface area contributed by atoms with Crippen LogP contribution in [0.5, 0.6) is 0 Å². The second-order valence-electron chi connectivity index (χ2n) is 4.81. The lowest BCUT2D eigenvalue weighted by atomic mass is 10.1. The molecular weight excluding hydrogens is 250 g/mol. The number of aromatic nitrogens is 2. The van der Waals surface area contributed by atoms with Crippen molar-refractivity contribution in [1.82, 2.24) is 14.5 Å². The summed E-state index contributed by atoms with van der Waals surface area (Å²) in [6, 6.07) is 0. The fraction of sp³-hybridized carbons (Fsp3) is 0.769. The molecule has 0 spiro atoms. The number of hydrogen-bond donors (Lipinski definition) is 0. The van der Waals surface area contributed by atoms with Crippen LogP contribution < -0.4 is 0 Å². The third-order valence-electron chi connectivity index (χ3n) is 3.54. The Morgan fingerprint density at radius 3 is 2.83 bits per heavy atom. The van der Waals surface area contributed by atoms with E-state index in [0.29, 0.717) is 18.6 Å². The molecule has 0 aromatic carbocycles. The highest BCUT2D eigenvalue weighted by Crippen LogP contribution is 2.14. The van der Waals surface area contributed by atoms with Crippen LogP contribution in [-0.4, -0.2) is 52.7 Å². The number of halogens is 1. The standard InChI is InChI=1S/C13H22ClN3O/c1-16-10-6-15-13(16)4-9-17-7-2-12(3-8-17)18-11-5-14/h6,10,12H,2-5,7-9,11H2,1H3. The molecule has 0 radical (unpaired) electrons. The molecule has 5 heteroatoms. The summed E-state index contributed by atoms with van der Waals surface area (Å²) in [4.78, 5) is 6.85. The first-order valence-electron chi connectivity index (χ1n) is 6.65. The molecule has 4 nitrogen and oxygen atoms in total. The zero-order valence-electron chi connectivity index (χ0n) is 11.0. The number of hydrogen-bond acceptors (Lipinski definition) is 3. The van der Waals surface area contributed by atoms with Crippen molar-refractivity contribution in [2.45, 2.75) is 25.4 Å². The van der Waals surface area contributed by atoms with Gasteiger partial charge < -0.3 is 14.2 Å². The Morgan fingerprint density at radius 2 is 2.22 bits per heavy atom. The Hall–Kier alpha value is -0.580. The minimum absolute atomic E-state index is 0.410. The number of likely N-dealkylation sites (tertiary alicyclic amines) is 1. The highest BCUT2D eigenvalue weighted by molar-refractivity contribution is 6.17. The number of alkyl halides is 1. The van der Waals surface area contributed by atoms with Crippen molar-refractivity contribution in [2.24, 2.45) is 7.05 Å². The normalized spacial score (nSPS) is 18.3. The summed E-state index contributed by atoms with van der Waals surface area (Å²) in [5.41, 5.74) is 0. The lowest BCUT2D eigenvalue weighted by Crippen LogP contribution is -2.38. The third kappa shape index (κ3) is 3.97. The summed E-state index contributed by atoms with van der Waals surface area (Å²) in [5.74, 6) is 1.76. The van der Waals surface area contributed by atoms with Crippen molar-refractivity contribution in [3.05, 3.63) is 18.2 Å². The van der Waals surface area contributed by atoms with E-state index in [2.05, 4.69) is 21.5 Å². The number of imidazole rings is 1. The lowest BCUT2D eigenvalue weighted by molar-refractivity contribution is 0.0154. The van der Waals surface area contributed by atoms with Crippen LogP contribution in [-0.2, 0) is 18.2 Å². The van der Waals surface area contributed by atoms with Gasteiger partial charge in [-0.3, -0.25) is 0 Å². The van der Waals surface area contributed by atoms with Crippen molar-refractivity contribution >= 4 is 11.6 Å². The molecule has 1 saturated heterocycles. The van der Waals surface area contributed by atoms with Crippen molar-refractivity contribution in [1.29, 1.82) is 0 Å². The molecule has 102 valence electrons. The molecule has 0 unspecified atom stereocenters. The van der Waals surface area contributed by atoms with Gasteiger partial charge in [0.15, 0.2) is 0 Å². The van der Waals surface area contributed by atoms with E-state index >= 15 is 0 Å². The van der Waals surface area contributed by atoms with Gasteiger partial charge in [0.2, 0.25) is 0 Å². The van der Waals surface area contributed by atoms with Gasteiger partial charge in [0, 0.05) is 51.4 Å². The molecule has 0 amide bonds. The number of ether oxygens (including phenoxy) is 1. The average Bonchev–Trinajstić information content (AvgIpc) is 2.81. The van der Waals surface area contributed by atoms with E-state index in [-0.39, 0.29) is 0 Å². The number of rotatable bonds is 6. The van der Waals surface area contributed by atoms with Gasteiger partial charge in [-0.2, -0.15) is 0 Å². The van der Waals surface area contributed by atoms with Gasteiger partial charge in [-0.25, -0.2) is 4.98 Å². The molecule has 0 atom stereocenters. The van der Waals surface area contributed by atoms with Crippen LogP contribution >= 0.6 is 11.6 Å².